The molecule has 1 amide bonds. The number of nitrogens with two attached hydrogens (primary N) is 1. The number of primary amides is 1. The molecule has 5 aliphatic rings. The van der Waals surface area contributed by atoms with Crippen LogP contribution in [-0.4, -0.2) is 79.9 Å². The predicted molar refractivity (Wildman–Crippen MR) is 105 cm³/mol. The Morgan fingerprint density at radius 2 is 2.10 bits per heavy atom. The van der Waals surface area contributed by atoms with Crippen molar-refractivity contribution in [1.82, 2.24) is 10.2 Å². The van der Waals surface area contributed by atoms with Crippen LogP contribution in [0, 0.1) is 5.92 Å². The van der Waals surface area contributed by atoms with E-state index < -0.39 is 17.7 Å². The number of carbonyl (C=O) groups is 3. The first kappa shape index (κ1) is 20.5. The largest absolute Gasteiger partial charge is 0.486 e. The van der Waals surface area contributed by atoms with Crippen molar-refractivity contribution in [3.05, 3.63) is 22.6 Å². The van der Waals surface area contributed by atoms with Crippen molar-refractivity contribution in [2.45, 2.75) is 50.1 Å². The van der Waals surface area contributed by atoms with Gasteiger partial charge in [0.2, 0.25) is 11.6 Å². The standard InChI is InChI=1S/C21H27N3O7/c1-10-16(25)15-14(17(26)18(10)30-8-11-5-3-4-6-29-11)12(9-31-20(22)27)21(28-2)19-13(23-19)7-24(15)21/h11-13,19,23H,3-9H2,1-2H3,(H2,22,27)/t11?,12?,13?,19?,21-/m1/s1. The van der Waals surface area contributed by atoms with Gasteiger partial charge < -0.3 is 34.9 Å². The van der Waals surface area contributed by atoms with Crippen LogP contribution < -0.4 is 11.1 Å². The van der Waals surface area contributed by atoms with Gasteiger partial charge in [-0.25, -0.2) is 4.79 Å². The van der Waals surface area contributed by atoms with Gasteiger partial charge in [-0.3, -0.25) is 9.59 Å². The zero-order chi connectivity index (χ0) is 21.9. The monoisotopic (exact) mass is 433 g/mol. The number of amides is 1. The van der Waals surface area contributed by atoms with Gasteiger partial charge in [-0.1, -0.05) is 0 Å². The lowest BCUT2D eigenvalue weighted by molar-refractivity contribution is -0.137. The Hall–Kier alpha value is -2.43. The second kappa shape index (κ2) is 7.32. The molecule has 31 heavy (non-hydrogen) atoms. The van der Waals surface area contributed by atoms with E-state index in [0.717, 1.165) is 19.3 Å². The second-order valence-corrected chi connectivity index (χ2v) is 8.67. The molecule has 5 atom stereocenters. The molecule has 0 spiro atoms. The number of methoxy groups -OCH3 is 1. The molecule has 168 valence electrons. The number of piperazine rings is 1. The Kier molecular flexibility index (Phi) is 4.83. The summed E-state index contributed by atoms with van der Waals surface area (Å²) in [7, 11) is 1.54. The summed E-state index contributed by atoms with van der Waals surface area (Å²) in [5, 5.41) is 3.33. The summed E-state index contributed by atoms with van der Waals surface area (Å²) < 4.78 is 22.6. The van der Waals surface area contributed by atoms with Crippen LogP contribution in [0.15, 0.2) is 22.6 Å². The lowest BCUT2D eigenvalue weighted by Gasteiger charge is -2.39. The SMILES string of the molecule is CO[C@@]12C(COC(N)=O)C3=C(C(=O)C(C)=C(OCC4CCCCO4)C3=O)N1CC1NC12. The normalized spacial score (nSPS) is 36.4. The minimum Gasteiger partial charge on any atom is -0.486 e. The van der Waals surface area contributed by atoms with Gasteiger partial charge in [0, 0.05) is 37.4 Å². The van der Waals surface area contributed by atoms with E-state index in [1.807, 2.05) is 4.90 Å². The molecule has 0 saturated carbocycles. The third-order valence-electron chi connectivity index (χ3n) is 7.06. The molecule has 4 unspecified atom stereocenters. The summed E-state index contributed by atoms with van der Waals surface area (Å²) in [6.07, 6.45) is 1.86. The second-order valence-electron chi connectivity index (χ2n) is 8.67. The summed E-state index contributed by atoms with van der Waals surface area (Å²) in [6, 6.07) is 0.0730. The van der Waals surface area contributed by atoms with Gasteiger partial charge in [0.05, 0.1) is 23.8 Å². The minimum absolute atomic E-state index is 0.0368. The van der Waals surface area contributed by atoms with Crippen LogP contribution in [0.2, 0.25) is 0 Å². The molecule has 1 aliphatic carbocycles. The van der Waals surface area contributed by atoms with Crippen molar-refractivity contribution < 1.29 is 33.3 Å². The van der Waals surface area contributed by atoms with Crippen LogP contribution in [0.4, 0.5) is 4.79 Å². The van der Waals surface area contributed by atoms with E-state index in [1.165, 1.54) is 7.11 Å². The van der Waals surface area contributed by atoms with Crippen molar-refractivity contribution in [2.24, 2.45) is 11.7 Å². The molecule has 4 heterocycles. The number of nitrogens with zero attached hydrogens (tertiary/aromatic N) is 1. The fourth-order valence-corrected chi connectivity index (χ4v) is 5.56. The van der Waals surface area contributed by atoms with Gasteiger partial charge in [0.1, 0.15) is 13.2 Å². The molecule has 5 rings (SSSR count). The van der Waals surface area contributed by atoms with E-state index in [2.05, 4.69) is 5.32 Å². The first-order valence-corrected chi connectivity index (χ1v) is 10.7. The highest BCUT2D eigenvalue weighted by atomic mass is 16.6. The quantitative estimate of drug-likeness (QED) is 0.437. The van der Waals surface area contributed by atoms with E-state index in [0.29, 0.717) is 18.8 Å². The molecule has 3 fully saturated rings. The molecule has 0 aromatic heterocycles. The third kappa shape index (κ3) is 2.92. The van der Waals surface area contributed by atoms with Crippen molar-refractivity contribution >= 4 is 17.7 Å². The van der Waals surface area contributed by atoms with E-state index in [1.54, 1.807) is 6.92 Å². The van der Waals surface area contributed by atoms with Gasteiger partial charge >= 0.3 is 6.09 Å². The molecule has 4 aliphatic heterocycles. The van der Waals surface area contributed by atoms with Gasteiger partial charge in [-0.2, -0.15) is 0 Å². The number of fused-ring (bicyclic) bond motifs is 4. The number of carbonyl (C=O) groups excluding carboxylic acids is 3. The summed E-state index contributed by atoms with van der Waals surface area (Å²) in [5.74, 6) is -1.27. The Balaban J connectivity index is 1.47. The lowest BCUT2D eigenvalue weighted by Crippen LogP contribution is -2.55. The Labute approximate surface area is 179 Å². The molecule has 10 heteroatoms. The summed E-state index contributed by atoms with van der Waals surface area (Å²) in [6.45, 7) is 2.85. The zero-order valence-electron chi connectivity index (χ0n) is 17.6. The molecule has 10 nitrogen and oxygen atoms in total. The molecule has 3 N–H and O–H groups in total. The van der Waals surface area contributed by atoms with Crippen molar-refractivity contribution in [1.29, 1.82) is 0 Å². The van der Waals surface area contributed by atoms with E-state index in [4.69, 9.17) is 24.7 Å². The van der Waals surface area contributed by atoms with Gasteiger partial charge in [0.15, 0.2) is 11.5 Å². The highest BCUT2D eigenvalue weighted by molar-refractivity contribution is 6.25. The molecule has 0 aromatic rings. The third-order valence-corrected chi connectivity index (χ3v) is 7.06. The van der Waals surface area contributed by atoms with Gasteiger partial charge in [-0.15, -0.1) is 0 Å². The molecule has 0 radical (unpaired) electrons. The van der Waals surface area contributed by atoms with Crippen molar-refractivity contribution in [2.75, 3.05) is 33.5 Å². The van der Waals surface area contributed by atoms with Crippen LogP contribution in [0.3, 0.4) is 0 Å². The molecular weight excluding hydrogens is 406 g/mol. The smallest absolute Gasteiger partial charge is 0.404 e. The highest BCUT2D eigenvalue weighted by Crippen LogP contribution is 2.55. The number of rotatable bonds is 6. The topological polar surface area (TPSA) is 139 Å². The van der Waals surface area contributed by atoms with Crippen LogP contribution in [0.25, 0.3) is 0 Å². The number of ketones is 2. The van der Waals surface area contributed by atoms with Crippen LogP contribution >= 0.6 is 0 Å². The Bertz CT molecular complexity index is 907. The molecule has 3 saturated heterocycles. The maximum atomic E-state index is 13.6. The summed E-state index contributed by atoms with van der Waals surface area (Å²) in [5.41, 5.74) is 5.07. The van der Waals surface area contributed by atoms with E-state index in [-0.39, 0.29) is 59.9 Å². The lowest BCUT2D eigenvalue weighted by atomic mass is 9.83. The average molecular weight is 433 g/mol. The zero-order valence-corrected chi connectivity index (χ0v) is 17.6. The number of hydrogen-bond donors (Lipinski definition) is 2. The highest BCUT2D eigenvalue weighted by Gasteiger charge is 2.72. The maximum Gasteiger partial charge on any atom is 0.404 e. The summed E-state index contributed by atoms with van der Waals surface area (Å²) >= 11 is 0. The van der Waals surface area contributed by atoms with E-state index >= 15 is 0 Å². The Morgan fingerprint density at radius 3 is 2.77 bits per heavy atom. The number of allylic oxidation sites excluding steroid dienone is 2. The number of Topliss-reactive ketones (excluding diaryl/α,β-unsaturated/α-hetero) is 2. The molecule has 0 aromatic carbocycles. The maximum absolute atomic E-state index is 13.6. The first-order valence-electron chi connectivity index (χ1n) is 10.7. The number of ether oxygens (including phenoxy) is 4. The van der Waals surface area contributed by atoms with Crippen molar-refractivity contribution in [3.63, 3.8) is 0 Å². The van der Waals surface area contributed by atoms with Gasteiger partial charge in [0.25, 0.3) is 0 Å². The number of nitrogens with one attached hydrogen (secondary N) is 1. The summed E-state index contributed by atoms with van der Waals surface area (Å²) in [4.78, 5) is 40.2. The fraction of sp³-hybridized carbons (Fsp3) is 0.667. The van der Waals surface area contributed by atoms with Crippen LogP contribution in [-0.2, 0) is 28.5 Å². The number of hydrogen-bond acceptors (Lipinski definition) is 9. The predicted octanol–water partition coefficient (Wildman–Crippen LogP) is -0.0242. The van der Waals surface area contributed by atoms with E-state index in [9.17, 15) is 14.4 Å². The van der Waals surface area contributed by atoms with Gasteiger partial charge in [-0.05, 0) is 26.2 Å². The van der Waals surface area contributed by atoms with Crippen LogP contribution in [0.5, 0.6) is 0 Å². The van der Waals surface area contributed by atoms with Crippen molar-refractivity contribution in [3.8, 4) is 0 Å². The molecule has 0 bridgehead atoms. The first-order chi connectivity index (χ1) is 14.9. The Morgan fingerprint density at radius 1 is 1.29 bits per heavy atom. The fourth-order valence-electron chi connectivity index (χ4n) is 5.56. The average Bonchev–Trinajstić information content (AvgIpc) is 3.37. The minimum atomic E-state index is -0.988. The molecular formula is C21H27N3O7. The van der Waals surface area contributed by atoms with Crippen LogP contribution in [0.1, 0.15) is 26.2 Å².